The maximum Gasteiger partial charge on any atom is 0.327 e. The van der Waals surface area contributed by atoms with Crippen molar-refractivity contribution in [3.05, 3.63) is 0 Å². The van der Waals surface area contributed by atoms with Gasteiger partial charge >= 0.3 is 12.0 Å². The molecule has 2 saturated heterocycles. The molecule has 2 unspecified atom stereocenters. The van der Waals surface area contributed by atoms with E-state index in [1.807, 2.05) is 11.9 Å². The number of nitrogens with zero attached hydrogens (tertiary/aromatic N) is 2. The average molecular weight is 287 g/mol. The van der Waals surface area contributed by atoms with Crippen molar-refractivity contribution in [2.24, 2.45) is 5.92 Å². The molecule has 0 saturated carbocycles. The number of hydrogen-bond donors (Lipinski definition) is 2. The molecule has 0 spiro atoms. The van der Waals surface area contributed by atoms with Crippen molar-refractivity contribution in [1.29, 1.82) is 0 Å². The molecule has 2 rings (SSSR count). The molecule has 0 aliphatic carbocycles. The number of carboxylic acid groups (broad SMARTS) is 1. The van der Waals surface area contributed by atoms with Gasteiger partial charge in [-0.2, -0.15) is 0 Å². The predicted molar refractivity (Wildman–Crippen MR) is 74.2 cm³/mol. The molecule has 0 bridgehead atoms. The standard InChI is InChI=1S/C12H21N3O3S/c1-13-5-9-3-2-4-14(6-9)12(18)15-8-19-7-10(15)11(16)17/h9-10,13H,2-8H2,1H3,(H,16,17). The van der Waals surface area contributed by atoms with E-state index in [4.69, 9.17) is 5.11 Å². The molecule has 2 amide bonds. The SMILES string of the molecule is CNCC1CCCN(C(=O)N2CSCC2C(=O)O)C1. The first-order chi connectivity index (χ1) is 9.13. The second-order valence-electron chi connectivity index (χ2n) is 5.12. The van der Waals surface area contributed by atoms with Crippen molar-refractivity contribution >= 4 is 23.8 Å². The van der Waals surface area contributed by atoms with Crippen LogP contribution >= 0.6 is 11.8 Å². The van der Waals surface area contributed by atoms with Crippen LogP contribution < -0.4 is 5.32 Å². The number of rotatable bonds is 3. The minimum Gasteiger partial charge on any atom is -0.480 e. The van der Waals surface area contributed by atoms with Crippen LogP contribution in [-0.2, 0) is 4.79 Å². The molecule has 2 aliphatic heterocycles. The van der Waals surface area contributed by atoms with Crippen LogP contribution in [0.5, 0.6) is 0 Å². The third-order valence-corrected chi connectivity index (χ3v) is 4.71. The van der Waals surface area contributed by atoms with Gasteiger partial charge in [0, 0.05) is 18.8 Å². The first-order valence-electron chi connectivity index (χ1n) is 6.64. The lowest BCUT2D eigenvalue weighted by Crippen LogP contribution is -2.52. The second kappa shape index (κ2) is 6.47. The Morgan fingerprint density at radius 1 is 1.47 bits per heavy atom. The number of nitrogens with one attached hydrogen (secondary N) is 1. The van der Waals surface area contributed by atoms with Crippen LogP contribution in [0.2, 0.25) is 0 Å². The number of thioether (sulfide) groups is 1. The highest BCUT2D eigenvalue weighted by Gasteiger charge is 2.37. The van der Waals surface area contributed by atoms with E-state index in [9.17, 15) is 9.59 Å². The normalized spacial score (nSPS) is 27.6. The monoisotopic (exact) mass is 287 g/mol. The van der Waals surface area contributed by atoms with Gasteiger partial charge in [-0.1, -0.05) is 0 Å². The van der Waals surface area contributed by atoms with Crippen LogP contribution in [0.1, 0.15) is 12.8 Å². The van der Waals surface area contributed by atoms with Gasteiger partial charge in [0.25, 0.3) is 0 Å². The van der Waals surface area contributed by atoms with Gasteiger partial charge in [-0.25, -0.2) is 9.59 Å². The Morgan fingerprint density at radius 2 is 2.26 bits per heavy atom. The van der Waals surface area contributed by atoms with Gasteiger partial charge < -0.3 is 20.2 Å². The highest BCUT2D eigenvalue weighted by molar-refractivity contribution is 7.99. The van der Waals surface area contributed by atoms with E-state index in [1.165, 1.54) is 16.7 Å². The zero-order valence-electron chi connectivity index (χ0n) is 11.2. The molecule has 0 radical (unpaired) electrons. The highest BCUT2D eigenvalue weighted by atomic mass is 32.2. The number of hydrogen-bond acceptors (Lipinski definition) is 4. The van der Waals surface area contributed by atoms with Gasteiger partial charge in [0.15, 0.2) is 0 Å². The summed E-state index contributed by atoms with van der Waals surface area (Å²) in [6, 6.07) is -0.777. The van der Waals surface area contributed by atoms with Crippen LogP contribution in [0.15, 0.2) is 0 Å². The van der Waals surface area contributed by atoms with Crippen molar-refractivity contribution in [3.63, 3.8) is 0 Å². The topological polar surface area (TPSA) is 72.9 Å². The van der Waals surface area contributed by atoms with E-state index in [1.54, 1.807) is 0 Å². The summed E-state index contributed by atoms with van der Waals surface area (Å²) in [6.45, 7) is 2.38. The molecule has 7 heteroatoms. The zero-order chi connectivity index (χ0) is 13.8. The summed E-state index contributed by atoms with van der Waals surface area (Å²) in [5.41, 5.74) is 0. The van der Waals surface area contributed by atoms with E-state index in [0.717, 1.165) is 32.5 Å². The van der Waals surface area contributed by atoms with Crippen molar-refractivity contribution in [1.82, 2.24) is 15.1 Å². The molecule has 0 aromatic heterocycles. The summed E-state index contributed by atoms with van der Waals surface area (Å²) in [5, 5.41) is 12.3. The first-order valence-corrected chi connectivity index (χ1v) is 7.79. The highest BCUT2D eigenvalue weighted by Crippen LogP contribution is 2.24. The van der Waals surface area contributed by atoms with E-state index >= 15 is 0 Å². The molecular formula is C12H21N3O3S. The summed E-state index contributed by atoms with van der Waals surface area (Å²) >= 11 is 1.51. The van der Waals surface area contributed by atoms with Gasteiger partial charge in [-0.05, 0) is 32.4 Å². The van der Waals surface area contributed by atoms with Gasteiger partial charge in [-0.3, -0.25) is 0 Å². The van der Waals surface area contributed by atoms with Gasteiger partial charge in [0.1, 0.15) is 6.04 Å². The molecule has 19 heavy (non-hydrogen) atoms. The minimum absolute atomic E-state index is 0.113. The molecule has 0 aromatic carbocycles. The summed E-state index contributed by atoms with van der Waals surface area (Å²) in [4.78, 5) is 26.9. The van der Waals surface area contributed by atoms with E-state index in [0.29, 0.717) is 17.5 Å². The lowest BCUT2D eigenvalue weighted by Gasteiger charge is -2.36. The molecule has 108 valence electrons. The van der Waals surface area contributed by atoms with Gasteiger partial charge in [0.05, 0.1) is 5.88 Å². The molecule has 2 heterocycles. The zero-order valence-corrected chi connectivity index (χ0v) is 12.0. The molecule has 2 aliphatic rings. The number of piperidine rings is 1. The van der Waals surface area contributed by atoms with Crippen molar-refractivity contribution < 1.29 is 14.7 Å². The molecular weight excluding hydrogens is 266 g/mol. The third-order valence-electron chi connectivity index (χ3n) is 3.70. The van der Waals surface area contributed by atoms with Gasteiger partial charge in [0.2, 0.25) is 0 Å². The van der Waals surface area contributed by atoms with Crippen molar-refractivity contribution in [2.75, 3.05) is 38.3 Å². The summed E-state index contributed by atoms with van der Waals surface area (Å²) in [7, 11) is 1.92. The second-order valence-corrected chi connectivity index (χ2v) is 6.12. The quantitative estimate of drug-likeness (QED) is 0.791. The van der Waals surface area contributed by atoms with Crippen molar-refractivity contribution in [3.8, 4) is 0 Å². The van der Waals surface area contributed by atoms with Gasteiger partial charge in [-0.15, -0.1) is 11.8 Å². The Morgan fingerprint density at radius 3 is 2.95 bits per heavy atom. The number of amides is 2. The summed E-state index contributed by atoms with van der Waals surface area (Å²) in [5.74, 6) is 0.557. The number of likely N-dealkylation sites (tertiary alicyclic amines) is 1. The van der Waals surface area contributed by atoms with Crippen LogP contribution in [0.4, 0.5) is 4.79 Å². The average Bonchev–Trinajstić information content (AvgIpc) is 2.88. The number of urea groups is 1. The maximum atomic E-state index is 12.4. The number of carboxylic acids is 1. The van der Waals surface area contributed by atoms with E-state index in [-0.39, 0.29) is 6.03 Å². The van der Waals surface area contributed by atoms with Crippen LogP contribution in [0, 0.1) is 5.92 Å². The maximum absolute atomic E-state index is 12.4. The first kappa shape index (κ1) is 14.5. The van der Waals surface area contributed by atoms with Crippen LogP contribution in [0.25, 0.3) is 0 Å². The number of aliphatic carboxylic acids is 1. The Bertz CT molecular complexity index is 351. The Labute approximate surface area is 117 Å². The number of carbonyl (C=O) groups is 2. The minimum atomic E-state index is -0.901. The van der Waals surface area contributed by atoms with Crippen molar-refractivity contribution in [2.45, 2.75) is 18.9 Å². The lowest BCUT2D eigenvalue weighted by molar-refractivity contribution is -0.141. The fraction of sp³-hybridized carbons (Fsp3) is 0.833. The van der Waals surface area contributed by atoms with E-state index in [2.05, 4.69) is 5.32 Å². The smallest absolute Gasteiger partial charge is 0.327 e. The summed E-state index contributed by atoms with van der Waals surface area (Å²) in [6.07, 6.45) is 2.12. The third kappa shape index (κ3) is 3.33. The Hall–Kier alpha value is -0.950. The largest absolute Gasteiger partial charge is 0.480 e. The van der Waals surface area contributed by atoms with E-state index < -0.39 is 12.0 Å². The molecule has 2 atom stereocenters. The fourth-order valence-electron chi connectivity index (χ4n) is 2.71. The predicted octanol–water partition coefficient (Wildman–Crippen LogP) is 0.497. The summed E-state index contributed by atoms with van der Waals surface area (Å²) < 4.78 is 0. The van der Waals surface area contributed by atoms with Crippen LogP contribution in [-0.4, -0.2) is 71.3 Å². The van der Waals surface area contributed by atoms with Crippen LogP contribution in [0.3, 0.4) is 0 Å². The molecule has 2 N–H and O–H groups in total. The molecule has 2 fully saturated rings. The molecule has 6 nitrogen and oxygen atoms in total. The Kier molecular flexibility index (Phi) is 4.93. The lowest BCUT2D eigenvalue weighted by atomic mass is 9.98. The number of carbonyl (C=O) groups excluding carboxylic acids is 1. The Balaban J connectivity index is 1.96. The molecule has 0 aromatic rings. The fourth-order valence-corrected chi connectivity index (χ4v) is 3.85.